The van der Waals surface area contributed by atoms with Crippen molar-refractivity contribution in [3.8, 4) is 0 Å². The maximum Gasteiger partial charge on any atom is 0.303 e. The highest BCUT2D eigenvalue weighted by atomic mass is 16.5. The maximum atomic E-state index is 12.3. The fourth-order valence-corrected chi connectivity index (χ4v) is 4.91. The Morgan fingerprint density at radius 2 is 1.02 bits per heavy atom. The average molecular weight is 717 g/mol. The minimum absolute atomic E-state index is 0.0275. The summed E-state index contributed by atoms with van der Waals surface area (Å²) in [5.41, 5.74) is 5.44. The normalized spacial score (nSPS) is 11.5. The van der Waals surface area contributed by atoms with Crippen molar-refractivity contribution in [1.29, 1.82) is 0 Å². The van der Waals surface area contributed by atoms with Crippen LogP contribution in [0, 0.1) is 0 Å². The third-order valence-corrected chi connectivity index (χ3v) is 7.68. The predicted molar refractivity (Wildman–Crippen MR) is 187 cm³/mol. The number of carbonyl (C=O) groups is 6. The monoisotopic (exact) mass is 716 g/mol. The van der Waals surface area contributed by atoms with Crippen LogP contribution in [-0.2, 0) is 47.7 Å². The van der Waals surface area contributed by atoms with Gasteiger partial charge in [0.1, 0.15) is 25.5 Å². The molecule has 6 N–H and O–H groups in total. The van der Waals surface area contributed by atoms with Crippen molar-refractivity contribution in [2.24, 2.45) is 5.73 Å². The highest BCUT2D eigenvalue weighted by Crippen LogP contribution is 2.14. The molecule has 15 heteroatoms. The third kappa shape index (κ3) is 34.7. The van der Waals surface area contributed by atoms with E-state index in [-0.39, 0.29) is 76.6 Å². The van der Waals surface area contributed by atoms with Crippen molar-refractivity contribution < 1.29 is 52.8 Å². The summed E-state index contributed by atoms with van der Waals surface area (Å²) in [5, 5.41) is 16.6. The van der Waals surface area contributed by atoms with Crippen LogP contribution < -0.4 is 21.7 Å². The van der Waals surface area contributed by atoms with Gasteiger partial charge in [-0.15, -0.1) is 0 Å². The first-order chi connectivity index (χ1) is 24.3. The third-order valence-electron chi connectivity index (χ3n) is 7.68. The second kappa shape index (κ2) is 35.7. The van der Waals surface area contributed by atoms with Crippen molar-refractivity contribution in [2.45, 2.75) is 122 Å². The lowest BCUT2D eigenvalue weighted by atomic mass is 10.0. The van der Waals surface area contributed by atoms with Crippen LogP contribution in [-0.4, -0.2) is 113 Å². The minimum atomic E-state index is -0.905. The van der Waals surface area contributed by atoms with Crippen molar-refractivity contribution in [1.82, 2.24) is 16.0 Å². The lowest BCUT2D eigenvalue weighted by molar-refractivity contribution is -0.137. The molecule has 0 aromatic rings. The van der Waals surface area contributed by atoms with Crippen LogP contribution in [0.2, 0.25) is 0 Å². The zero-order valence-electron chi connectivity index (χ0n) is 30.1. The van der Waals surface area contributed by atoms with Crippen LogP contribution in [0.1, 0.15) is 116 Å². The van der Waals surface area contributed by atoms with E-state index >= 15 is 0 Å². The molecule has 0 radical (unpaired) electrons. The van der Waals surface area contributed by atoms with Crippen LogP contribution in [0.4, 0.5) is 0 Å². The van der Waals surface area contributed by atoms with Gasteiger partial charge in [0, 0.05) is 32.4 Å². The summed E-state index contributed by atoms with van der Waals surface area (Å²) in [7, 11) is 0. The number of carbonyl (C=O) groups excluding carboxylic acids is 5. The van der Waals surface area contributed by atoms with E-state index in [1.165, 1.54) is 44.9 Å². The van der Waals surface area contributed by atoms with Crippen LogP contribution >= 0.6 is 0 Å². The summed E-state index contributed by atoms with van der Waals surface area (Å²) in [6.45, 7) is 2.13. The molecule has 0 fully saturated rings. The number of rotatable bonds is 38. The predicted octanol–water partition coefficient (Wildman–Crippen LogP) is 2.56. The van der Waals surface area contributed by atoms with E-state index in [0.717, 1.165) is 44.9 Å². The van der Waals surface area contributed by atoms with E-state index < -0.39 is 17.9 Å². The van der Waals surface area contributed by atoms with Gasteiger partial charge in [-0.2, -0.15) is 0 Å². The molecule has 0 aromatic carbocycles. The number of primary amides is 1. The molecule has 0 rings (SSSR count). The first-order valence-corrected chi connectivity index (χ1v) is 18.3. The van der Waals surface area contributed by atoms with Gasteiger partial charge in [-0.3, -0.25) is 24.0 Å². The second-order valence-corrected chi connectivity index (χ2v) is 12.1. The number of hydrogen-bond donors (Lipinski definition) is 5. The van der Waals surface area contributed by atoms with E-state index in [1.807, 2.05) is 0 Å². The topological polar surface area (TPSA) is 222 Å². The van der Waals surface area contributed by atoms with Gasteiger partial charge >= 0.3 is 5.97 Å². The molecule has 0 aliphatic carbocycles. The smallest absolute Gasteiger partial charge is 0.303 e. The summed E-state index contributed by atoms with van der Waals surface area (Å²) in [6, 6.07) is -0.905. The fourth-order valence-electron chi connectivity index (χ4n) is 4.91. The van der Waals surface area contributed by atoms with E-state index in [0.29, 0.717) is 39.1 Å². The van der Waals surface area contributed by atoms with Gasteiger partial charge < -0.3 is 50.5 Å². The summed E-state index contributed by atoms with van der Waals surface area (Å²) >= 11 is 0. The van der Waals surface area contributed by atoms with E-state index in [4.69, 9.17) is 29.8 Å². The lowest BCUT2D eigenvalue weighted by Gasteiger charge is -2.15. The largest absolute Gasteiger partial charge is 0.481 e. The zero-order valence-corrected chi connectivity index (χ0v) is 30.1. The molecule has 0 saturated heterocycles. The quantitative estimate of drug-likeness (QED) is 0.0462. The number of unbranched alkanes of at least 4 members (excludes halogenated alkanes) is 13. The SMILES string of the molecule is NC(=O)[C@H](CCC(=O)NCCOCCOCC(=O)NCCOCCOCC=O)NC(=O)CCCCCCCCCCCCCCCCC(=O)O. The number of carboxylic acid groups (broad SMARTS) is 1. The summed E-state index contributed by atoms with van der Waals surface area (Å²) in [6.07, 6.45) is 16.7. The van der Waals surface area contributed by atoms with Crippen LogP contribution in [0.5, 0.6) is 0 Å². The fraction of sp³-hybridized carbons (Fsp3) is 0.829. The van der Waals surface area contributed by atoms with Gasteiger partial charge in [-0.25, -0.2) is 0 Å². The van der Waals surface area contributed by atoms with E-state index in [9.17, 15) is 28.8 Å². The molecule has 15 nitrogen and oxygen atoms in total. The van der Waals surface area contributed by atoms with Gasteiger partial charge in [-0.05, 0) is 19.3 Å². The number of ether oxygens (including phenoxy) is 4. The molecule has 0 heterocycles. The molecule has 0 bridgehead atoms. The Kier molecular flexibility index (Phi) is 33.4. The number of nitrogens with two attached hydrogens (primary N) is 1. The first-order valence-electron chi connectivity index (χ1n) is 18.3. The van der Waals surface area contributed by atoms with Crippen molar-refractivity contribution in [2.75, 3.05) is 65.9 Å². The first kappa shape index (κ1) is 46.9. The summed E-state index contributed by atoms with van der Waals surface area (Å²) < 4.78 is 20.8. The van der Waals surface area contributed by atoms with Gasteiger partial charge in [0.2, 0.25) is 23.6 Å². The second-order valence-electron chi connectivity index (χ2n) is 12.1. The molecule has 0 saturated carbocycles. The van der Waals surface area contributed by atoms with Crippen molar-refractivity contribution in [3.05, 3.63) is 0 Å². The molecule has 0 aliphatic heterocycles. The van der Waals surface area contributed by atoms with E-state index in [1.54, 1.807) is 0 Å². The number of amides is 4. The highest BCUT2D eigenvalue weighted by Gasteiger charge is 2.19. The molecule has 1 atom stereocenters. The van der Waals surface area contributed by atoms with Gasteiger partial charge in [0.05, 0.1) is 39.6 Å². The molecule has 4 amide bonds. The molecule has 50 heavy (non-hydrogen) atoms. The van der Waals surface area contributed by atoms with E-state index in [2.05, 4.69) is 16.0 Å². The number of aliphatic carboxylic acids is 1. The van der Waals surface area contributed by atoms with Gasteiger partial charge in [0.25, 0.3) is 0 Å². The minimum Gasteiger partial charge on any atom is -0.481 e. The van der Waals surface area contributed by atoms with Gasteiger partial charge in [0.15, 0.2) is 0 Å². The average Bonchev–Trinajstić information content (AvgIpc) is 3.08. The Labute approximate surface area is 297 Å². The summed E-state index contributed by atoms with van der Waals surface area (Å²) in [4.78, 5) is 68.6. The van der Waals surface area contributed by atoms with Crippen molar-refractivity contribution in [3.63, 3.8) is 0 Å². The Morgan fingerprint density at radius 1 is 0.560 bits per heavy atom. The standard InChI is InChI=1S/C35H64N4O11/c36-35(46)30(39-32(42)15-13-11-9-7-5-3-1-2-4-6-8-10-12-14-16-34(44)45)17-18-31(41)37-19-22-48-27-28-50-29-33(43)38-20-23-47-25-26-49-24-21-40/h21,30H,1-20,22-29H2,(H2,36,46)(H,37,41)(H,38,43)(H,39,42)(H,44,45)/t30-/m0/s1. The lowest BCUT2D eigenvalue weighted by Crippen LogP contribution is -2.45. The Morgan fingerprint density at radius 3 is 1.52 bits per heavy atom. The molecule has 0 aromatic heterocycles. The molecular formula is C35H64N4O11. The Balaban J connectivity index is 3.66. The molecular weight excluding hydrogens is 652 g/mol. The molecule has 290 valence electrons. The Hall–Kier alpha value is -3.14. The molecule has 0 aliphatic rings. The van der Waals surface area contributed by atoms with Crippen LogP contribution in [0.15, 0.2) is 0 Å². The number of carboxylic acids is 1. The zero-order chi connectivity index (χ0) is 36.9. The number of nitrogens with one attached hydrogen (secondary N) is 3. The van der Waals surface area contributed by atoms with Crippen LogP contribution in [0.3, 0.4) is 0 Å². The Bertz CT molecular complexity index is 908. The van der Waals surface area contributed by atoms with Crippen LogP contribution in [0.25, 0.3) is 0 Å². The number of hydrogen-bond acceptors (Lipinski definition) is 10. The highest BCUT2D eigenvalue weighted by molar-refractivity contribution is 5.87. The molecule has 0 unspecified atom stereocenters. The van der Waals surface area contributed by atoms with Crippen molar-refractivity contribution >= 4 is 35.9 Å². The number of aldehydes is 1. The summed E-state index contributed by atoms with van der Waals surface area (Å²) in [5.74, 6) is -2.20. The maximum absolute atomic E-state index is 12.3. The molecule has 0 spiro atoms. The van der Waals surface area contributed by atoms with Gasteiger partial charge in [-0.1, -0.05) is 77.0 Å².